The van der Waals surface area contributed by atoms with Gasteiger partial charge in [-0.25, -0.2) is 0 Å². The quantitative estimate of drug-likeness (QED) is 0.335. The summed E-state index contributed by atoms with van der Waals surface area (Å²) >= 11 is 13.3. The molecule has 0 bridgehead atoms. The molecule has 0 saturated heterocycles. The van der Waals surface area contributed by atoms with Crippen LogP contribution in [-0.4, -0.2) is 11.0 Å². The van der Waals surface area contributed by atoms with Gasteiger partial charge in [-0.3, -0.25) is 0 Å². The molecule has 0 aromatic heterocycles. The van der Waals surface area contributed by atoms with Crippen molar-refractivity contribution in [3.8, 4) is 0 Å². The van der Waals surface area contributed by atoms with Crippen molar-refractivity contribution in [2.75, 3.05) is 6.61 Å². The maximum absolute atomic E-state index is 6.37. The summed E-state index contributed by atoms with van der Waals surface area (Å²) in [5.41, 5.74) is 1.09. The van der Waals surface area contributed by atoms with Crippen LogP contribution in [0.25, 0.3) is 4.91 Å². The van der Waals surface area contributed by atoms with Gasteiger partial charge in [0.15, 0.2) is 0 Å². The highest BCUT2D eigenvalue weighted by Gasteiger charge is 2.22. The van der Waals surface area contributed by atoms with Crippen LogP contribution < -0.4 is 10.6 Å². The summed E-state index contributed by atoms with van der Waals surface area (Å²) in [6, 6.07) is 28.8. The minimum Gasteiger partial charge on any atom is -0.479 e. The molecule has 3 rings (SSSR count). The Morgan fingerprint density at radius 1 is 0.857 bits per heavy atom. The van der Waals surface area contributed by atoms with Gasteiger partial charge in [-0.1, -0.05) is 103 Å². The van der Waals surface area contributed by atoms with Gasteiger partial charge in [-0.15, -0.1) is 0 Å². The minimum absolute atomic E-state index is 0.514. The standard InChI is InChI=1S/C23H21OPS3/c1-2-24-23(26)28-22(19-12-6-3-7-13-19)18-25(27,20-14-8-4-9-15-20)21-16-10-5-11-17-21/h3-18H,2H2,1H3/b22-18+. The first-order valence-corrected chi connectivity index (χ1v) is 13.1. The van der Waals surface area contributed by atoms with E-state index >= 15 is 0 Å². The average molecular weight is 441 g/mol. The molecule has 0 radical (unpaired) electrons. The minimum atomic E-state index is -2.19. The lowest BCUT2D eigenvalue weighted by molar-refractivity contribution is 0.346. The summed E-state index contributed by atoms with van der Waals surface area (Å²) in [5.74, 6) is 2.23. The molecule has 0 spiro atoms. The fourth-order valence-electron chi connectivity index (χ4n) is 2.76. The molecule has 0 N–H and O–H groups in total. The lowest BCUT2D eigenvalue weighted by Gasteiger charge is -2.21. The normalized spacial score (nSPS) is 11.8. The molecule has 28 heavy (non-hydrogen) atoms. The van der Waals surface area contributed by atoms with Gasteiger partial charge in [-0.2, -0.15) is 0 Å². The zero-order valence-corrected chi connectivity index (χ0v) is 18.9. The van der Waals surface area contributed by atoms with E-state index in [1.165, 1.54) is 11.8 Å². The van der Waals surface area contributed by atoms with Crippen LogP contribution in [0.1, 0.15) is 12.5 Å². The Bertz CT molecular complexity index is 943. The monoisotopic (exact) mass is 440 g/mol. The van der Waals surface area contributed by atoms with Gasteiger partial charge < -0.3 is 4.74 Å². The topological polar surface area (TPSA) is 9.23 Å². The highest BCUT2D eigenvalue weighted by atomic mass is 32.4. The maximum Gasteiger partial charge on any atom is 0.224 e. The van der Waals surface area contributed by atoms with Crippen LogP contribution in [0.15, 0.2) is 96.8 Å². The van der Waals surface area contributed by atoms with Crippen molar-refractivity contribution in [1.29, 1.82) is 0 Å². The highest BCUT2D eigenvalue weighted by molar-refractivity contribution is 8.30. The summed E-state index contributed by atoms with van der Waals surface area (Å²) in [4.78, 5) is 1.04. The largest absolute Gasteiger partial charge is 0.479 e. The van der Waals surface area contributed by atoms with E-state index in [0.29, 0.717) is 11.0 Å². The number of thioether (sulfide) groups is 1. The molecule has 0 saturated carbocycles. The van der Waals surface area contributed by atoms with E-state index in [-0.39, 0.29) is 0 Å². The van der Waals surface area contributed by atoms with Crippen LogP contribution in [0.4, 0.5) is 0 Å². The van der Waals surface area contributed by atoms with Crippen LogP contribution >= 0.6 is 30.0 Å². The van der Waals surface area contributed by atoms with Gasteiger partial charge in [-0.05, 0) is 52.9 Å². The summed E-state index contributed by atoms with van der Waals surface area (Å²) in [7, 11) is 0. The van der Waals surface area contributed by atoms with Crippen molar-refractivity contribution in [2.24, 2.45) is 0 Å². The SMILES string of the molecule is CCOC(=S)S/C(=C/P(=S)(c1ccccc1)c1ccccc1)c1ccccc1. The van der Waals surface area contributed by atoms with Crippen molar-refractivity contribution in [2.45, 2.75) is 6.92 Å². The fraction of sp³-hybridized carbons (Fsp3) is 0.0870. The van der Waals surface area contributed by atoms with Gasteiger partial charge in [0.1, 0.15) is 0 Å². The molecule has 0 amide bonds. The summed E-state index contributed by atoms with van der Waals surface area (Å²) in [6.07, 6.45) is 0. The van der Waals surface area contributed by atoms with Gasteiger partial charge in [0.05, 0.1) is 6.61 Å². The Kier molecular flexibility index (Phi) is 7.64. The maximum atomic E-state index is 6.37. The molecule has 0 aliphatic heterocycles. The number of hydrogen-bond acceptors (Lipinski definition) is 4. The first-order valence-electron chi connectivity index (χ1n) is 8.97. The first kappa shape index (κ1) is 21.0. The van der Waals surface area contributed by atoms with Crippen LogP contribution in [0.2, 0.25) is 0 Å². The van der Waals surface area contributed by atoms with Crippen molar-refractivity contribution < 1.29 is 4.74 Å². The Labute approximate surface area is 181 Å². The molecule has 0 aliphatic rings. The van der Waals surface area contributed by atoms with E-state index in [9.17, 15) is 0 Å². The summed E-state index contributed by atoms with van der Waals surface area (Å²) in [5, 5.41) is 2.32. The third kappa shape index (κ3) is 5.21. The van der Waals surface area contributed by atoms with Crippen molar-refractivity contribution in [3.05, 3.63) is 102 Å². The average Bonchev–Trinajstić information content (AvgIpc) is 2.75. The third-order valence-corrected chi connectivity index (χ3v) is 9.83. The molecule has 3 aromatic carbocycles. The number of hydrogen-bond donors (Lipinski definition) is 0. The Morgan fingerprint density at radius 2 is 1.32 bits per heavy atom. The molecular weight excluding hydrogens is 419 g/mol. The van der Waals surface area contributed by atoms with E-state index in [0.717, 1.165) is 21.1 Å². The van der Waals surface area contributed by atoms with Gasteiger partial charge in [0.25, 0.3) is 0 Å². The Morgan fingerprint density at radius 3 is 1.79 bits per heavy atom. The number of thiocarbonyl (C=S) groups is 1. The molecule has 1 nitrogen and oxygen atoms in total. The predicted molar refractivity (Wildman–Crippen MR) is 133 cm³/mol. The molecule has 3 aromatic rings. The molecule has 0 fully saturated rings. The van der Waals surface area contributed by atoms with Gasteiger partial charge >= 0.3 is 0 Å². The number of ether oxygens (including phenoxy) is 1. The van der Waals surface area contributed by atoms with Crippen LogP contribution in [0.3, 0.4) is 0 Å². The molecule has 0 aliphatic carbocycles. The molecular formula is C23H21OPS3. The van der Waals surface area contributed by atoms with Crippen molar-refractivity contribution in [3.63, 3.8) is 0 Å². The van der Waals surface area contributed by atoms with E-state index in [1.54, 1.807) is 0 Å². The van der Waals surface area contributed by atoms with Gasteiger partial charge in [0.2, 0.25) is 4.38 Å². The fourth-order valence-corrected chi connectivity index (χ4v) is 8.00. The second-order valence-corrected chi connectivity index (χ2v) is 12.0. The zero-order valence-electron chi connectivity index (χ0n) is 15.5. The van der Waals surface area contributed by atoms with Crippen LogP contribution in [0, 0.1) is 0 Å². The molecule has 5 heteroatoms. The Hall–Kier alpha value is -1.71. The second-order valence-electron chi connectivity index (χ2n) is 5.97. The smallest absolute Gasteiger partial charge is 0.224 e. The third-order valence-electron chi connectivity index (χ3n) is 4.09. The molecule has 0 atom stereocenters. The van der Waals surface area contributed by atoms with E-state index in [2.05, 4.69) is 42.2 Å². The molecule has 142 valence electrons. The number of rotatable bonds is 6. The van der Waals surface area contributed by atoms with E-state index in [4.69, 9.17) is 28.8 Å². The van der Waals surface area contributed by atoms with E-state index in [1.807, 2.05) is 61.5 Å². The summed E-state index contributed by atoms with van der Waals surface area (Å²) < 4.78 is 6.07. The molecule has 0 heterocycles. The zero-order chi connectivity index (χ0) is 19.8. The van der Waals surface area contributed by atoms with E-state index < -0.39 is 6.04 Å². The highest BCUT2D eigenvalue weighted by Crippen LogP contribution is 2.50. The van der Waals surface area contributed by atoms with Crippen molar-refractivity contribution in [1.82, 2.24) is 0 Å². The first-order chi connectivity index (χ1) is 13.6. The van der Waals surface area contributed by atoms with Crippen LogP contribution in [-0.2, 0) is 16.5 Å². The second kappa shape index (κ2) is 10.2. The lowest BCUT2D eigenvalue weighted by Crippen LogP contribution is -2.14. The summed E-state index contributed by atoms with van der Waals surface area (Å²) in [6.45, 7) is 2.50. The van der Waals surface area contributed by atoms with Gasteiger partial charge in [0, 0.05) is 10.9 Å². The lowest BCUT2D eigenvalue weighted by atomic mass is 10.2. The Balaban J connectivity index is 2.17. The number of benzene rings is 3. The van der Waals surface area contributed by atoms with Crippen molar-refractivity contribution >= 4 is 61.7 Å². The van der Waals surface area contributed by atoms with Crippen LogP contribution in [0.5, 0.6) is 0 Å². The molecule has 0 unspecified atom stereocenters. The predicted octanol–water partition coefficient (Wildman–Crippen LogP) is 6.17.